The van der Waals surface area contributed by atoms with Crippen molar-refractivity contribution in [2.24, 2.45) is 5.41 Å². The third kappa shape index (κ3) is 3.15. The highest BCUT2D eigenvalue weighted by Gasteiger charge is 2.43. The molecular weight excluding hydrogens is 270 g/mol. The van der Waals surface area contributed by atoms with Crippen molar-refractivity contribution in [3.8, 4) is 0 Å². The topological polar surface area (TPSA) is 72.9 Å². The fourth-order valence-electron chi connectivity index (χ4n) is 3.48. The molecule has 0 radical (unpaired) electrons. The molecule has 0 aromatic carbocycles. The first-order valence-corrected chi connectivity index (χ1v) is 7.73. The summed E-state index contributed by atoms with van der Waals surface area (Å²) < 4.78 is 0. The monoisotopic (exact) mass is 297 g/mol. The lowest BCUT2D eigenvalue weighted by Crippen LogP contribution is -2.53. The molecule has 21 heavy (non-hydrogen) atoms. The van der Waals surface area contributed by atoms with Crippen LogP contribution in [-0.4, -0.2) is 66.2 Å². The van der Waals surface area contributed by atoms with Crippen LogP contribution in [0.2, 0.25) is 0 Å². The lowest BCUT2D eigenvalue weighted by Gasteiger charge is -2.37. The molecule has 120 valence electrons. The van der Waals surface area contributed by atoms with Gasteiger partial charge in [-0.05, 0) is 40.3 Å². The summed E-state index contributed by atoms with van der Waals surface area (Å²) in [7, 11) is 4.13. The first kappa shape index (κ1) is 16.1. The summed E-state index contributed by atoms with van der Waals surface area (Å²) in [5, 5.41) is 12.2. The fourth-order valence-corrected chi connectivity index (χ4v) is 3.48. The van der Waals surface area contributed by atoms with Crippen LogP contribution in [0.15, 0.2) is 0 Å². The number of nitrogens with zero attached hydrogens (tertiary/aromatic N) is 2. The quantitative estimate of drug-likeness (QED) is 0.822. The molecule has 0 bridgehead atoms. The van der Waals surface area contributed by atoms with Crippen LogP contribution < -0.4 is 5.32 Å². The number of carbonyl (C=O) groups is 2. The predicted molar refractivity (Wildman–Crippen MR) is 80.2 cm³/mol. The Morgan fingerprint density at radius 2 is 1.86 bits per heavy atom. The molecule has 6 nitrogen and oxygen atoms in total. The molecule has 2 fully saturated rings. The Hall–Kier alpha value is -1.30. The Kier molecular flexibility index (Phi) is 4.46. The van der Waals surface area contributed by atoms with Gasteiger partial charge in [0.1, 0.15) is 0 Å². The molecule has 1 heterocycles. The molecule has 0 aromatic rings. The minimum absolute atomic E-state index is 0.0610. The average Bonchev–Trinajstić information content (AvgIpc) is 3.04. The normalized spacial score (nSPS) is 28.1. The molecule has 2 rings (SSSR count). The summed E-state index contributed by atoms with van der Waals surface area (Å²) in [6, 6.07) is -0.131. The molecule has 1 aliphatic carbocycles. The molecule has 1 unspecified atom stereocenters. The first-order valence-electron chi connectivity index (χ1n) is 7.73. The van der Waals surface area contributed by atoms with E-state index in [1.807, 2.05) is 0 Å². The Morgan fingerprint density at radius 1 is 1.24 bits per heavy atom. The maximum atomic E-state index is 12.3. The van der Waals surface area contributed by atoms with Crippen LogP contribution in [0.25, 0.3) is 0 Å². The maximum absolute atomic E-state index is 12.3. The molecular formula is C15H27N3O3. The van der Waals surface area contributed by atoms with Crippen LogP contribution in [0.5, 0.6) is 0 Å². The summed E-state index contributed by atoms with van der Waals surface area (Å²) in [6.07, 6.45) is 5.14. The van der Waals surface area contributed by atoms with Gasteiger partial charge in [-0.1, -0.05) is 12.8 Å². The summed E-state index contributed by atoms with van der Waals surface area (Å²) in [5.74, 6) is -0.821. The predicted octanol–water partition coefficient (Wildman–Crippen LogP) is 1.37. The number of likely N-dealkylation sites (N-methyl/N-ethyl adjacent to an activating group) is 1. The summed E-state index contributed by atoms with van der Waals surface area (Å²) >= 11 is 0. The van der Waals surface area contributed by atoms with Crippen LogP contribution in [0, 0.1) is 5.41 Å². The van der Waals surface area contributed by atoms with Crippen LogP contribution in [0.3, 0.4) is 0 Å². The van der Waals surface area contributed by atoms with Gasteiger partial charge in [0.2, 0.25) is 0 Å². The Bertz CT molecular complexity index is 418. The SMILES string of the molecule is CN(C)C1(CNC(=O)N2CCC(C)(C(=O)O)C2)CCCC1. The van der Waals surface area contributed by atoms with E-state index in [0.29, 0.717) is 26.1 Å². The number of nitrogens with one attached hydrogen (secondary N) is 1. The molecule has 1 aliphatic heterocycles. The van der Waals surface area contributed by atoms with Gasteiger partial charge in [0.05, 0.1) is 5.41 Å². The number of hydrogen-bond donors (Lipinski definition) is 2. The number of carboxylic acids is 1. The molecule has 6 heteroatoms. The maximum Gasteiger partial charge on any atom is 0.317 e. The largest absolute Gasteiger partial charge is 0.481 e. The fraction of sp³-hybridized carbons (Fsp3) is 0.867. The minimum Gasteiger partial charge on any atom is -0.481 e. The number of carbonyl (C=O) groups excluding carboxylic acids is 1. The average molecular weight is 297 g/mol. The molecule has 0 spiro atoms. The van der Waals surface area contributed by atoms with Crippen LogP contribution in [0.4, 0.5) is 4.79 Å². The van der Waals surface area contributed by atoms with Crippen molar-refractivity contribution >= 4 is 12.0 Å². The standard InChI is InChI=1S/C15H27N3O3/c1-14(12(19)20)8-9-18(11-14)13(21)16-10-15(17(2)3)6-4-5-7-15/h4-11H2,1-3H3,(H,16,21)(H,19,20). The van der Waals surface area contributed by atoms with E-state index < -0.39 is 11.4 Å². The van der Waals surface area contributed by atoms with Crippen molar-refractivity contribution in [3.63, 3.8) is 0 Å². The van der Waals surface area contributed by atoms with E-state index in [0.717, 1.165) is 12.8 Å². The lowest BCUT2D eigenvalue weighted by atomic mass is 9.90. The molecule has 1 saturated carbocycles. The van der Waals surface area contributed by atoms with E-state index >= 15 is 0 Å². The summed E-state index contributed by atoms with van der Waals surface area (Å²) in [4.78, 5) is 27.4. The van der Waals surface area contributed by atoms with Gasteiger partial charge in [-0.2, -0.15) is 0 Å². The van der Waals surface area contributed by atoms with Gasteiger partial charge in [-0.3, -0.25) is 4.79 Å². The van der Waals surface area contributed by atoms with Crippen LogP contribution in [-0.2, 0) is 4.79 Å². The number of hydrogen-bond acceptors (Lipinski definition) is 3. The zero-order valence-corrected chi connectivity index (χ0v) is 13.3. The molecule has 2 N–H and O–H groups in total. The Labute approximate surface area is 126 Å². The highest BCUT2D eigenvalue weighted by molar-refractivity contribution is 5.79. The van der Waals surface area contributed by atoms with Crippen molar-refractivity contribution in [1.29, 1.82) is 0 Å². The van der Waals surface area contributed by atoms with E-state index in [9.17, 15) is 14.7 Å². The molecule has 1 atom stereocenters. The third-order valence-electron chi connectivity index (χ3n) is 5.33. The van der Waals surface area contributed by atoms with E-state index in [2.05, 4.69) is 24.3 Å². The van der Waals surface area contributed by atoms with E-state index in [4.69, 9.17) is 0 Å². The molecule has 2 amide bonds. The van der Waals surface area contributed by atoms with Gasteiger partial charge in [0.25, 0.3) is 0 Å². The van der Waals surface area contributed by atoms with Gasteiger partial charge < -0.3 is 20.2 Å². The van der Waals surface area contributed by atoms with Crippen molar-refractivity contribution in [1.82, 2.24) is 15.1 Å². The van der Waals surface area contributed by atoms with Gasteiger partial charge in [0.15, 0.2) is 0 Å². The molecule has 2 aliphatic rings. The number of rotatable bonds is 4. The lowest BCUT2D eigenvalue weighted by molar-refractivity contribution is -0.147. The second kappa shape index (κ2) is 5.83. The van der Waals surface area contributed by atoms with Gasteiger partial charge in [-0.25, -0.2) is 4.79 Å². The number of urea groups is 1. The molecule has 1 saturated heterocycles. The van der Waals surface area contributed by atoms with Gasteiger partial charge in [-0.15, -0.1) is 0 Å². The van der Waals surface area contributed by atoms with Gasteiger partial charge >= 0.3 is 12.0 Å². The number of aliphatic carboxylic acids is 1. The smallest absolute Gasteiger partial charge is 0.317 e. The zero-order chi connectivity index (χ0) is 15.7. The molecule has 0 aromatic heterocycles. The first-order chi connectivity index (χ1) is 9.79. The Balaban J connectivity index is 1.89. The van der Waals surface area contributed by atoms with E-state index in [1.54, 1.807) is 11.8 Å². The van der Waals surface area contributed by atoms with E-state index in [-0.39, 0.29) is 11.6 Å². The van der Waals surface area contributed by atoms with Crippen molar-refractivity contribution in [2.75, 3.05) is 33.7 Å². The van der Waals surface area contributed by atoms with Crippen LogP contribution >= 0.6 is 0 Å². The Morgan fingerprint density at radius 3 is 2.33 bits per heavy atom. The van der Waals surface area contributed by atoms with Crippen LogP contribution in [0.1, 0.15) is 39.0 Å². The van der Waals surface area contributed by atoms with Gasteiger partial charge in [0, 0.05) is 25.2 Å². The minimum atomic E-state index is -0.821. The summed E-state index contributed by atoms with van der Waals surface area (Å²) in [5.41, 5.74) is -0.741. The number of amides is 2. The number of likely N-dealkylation sites (tertiary alicyclic amines) is 1. The third-order valence-corrected chi connectivity index (χ3v) is 5.33. The van der Waals surface area contributed by atoms with Crippen molar-refractivity contribution < 1.29 is 14.7 Å². The second-order valence-corrected chi connectivity index (χ2v) is 7.02. The second-order valence-electron chi connectivity index (χ2n) is 7.02. The summed E-state index contributed by atoms with van der Waals surface area (Å²) in [6.45, 7) is 3.16. The number of carboxylic acid groups (broad SMARTS) is 1. The zero-order valence-electron chi connectivity index (χ0n) is 13.3. The van der Waals surface area contributed by atoms with Crippen molar-refractivity contribution in [2.45, 2.75) is 44.6 Å². The highest BCUT2D eigenvalue weighted by atomic mass is 16.4. The highest BCUT2D eigenvalue weighted by Crippen LogP contribution is 2.33. The van der Waals surface area contributed by atoms with E-state index in [1.165, 1.54) is 12.8 Å². The van der Waals surface area contributed by atoms with Crippen molar-refractivity contribution in [3.05, 3.63) is 0 Å².